The van der Waals surface area contributed by atoms with Gasteiger partial charge >= 0.3 is 0 Å². The van der Waals surface area contributed by atoms with Crippen LogP contribution < -0.4 is 10.1 Å². The molecule has 0 heterocycles. The van der Waals surface area contributed by atoms with Gasteiger partial charge in [0.05, 0.1) is 16.1 Å². The number of nitrogens with one attached hydrogen (secondary N) is 1. The fourth-order valence-electron chi connectivity index (χ4n) is 1.61. The van der Waals surface area contributed by atoms with Crippen molar-refractivity contribution in [3.05, 3.63) is 27.7 Å². The highest BCUT2D eigenvalue weighted by molar-refractivity contribution is 6.37. The predicted octanol–water partition coefficient (Wildman–Crippen LogP) is 4.03. The van der Waals surface area contributed by atoms with E-state index in [9.17, 15) is 0 Å². The first kappa shape index (κ1) is 13.0. The Balaban J connectivity index is 2.09. The fraction of sp³-hybridized carbons (Fsp3) is 0.538. The quantitative estimate of drug-likeness (QED) is 0.875. The molecule has 0 atom stereocenters. The molecule has 0 aliphatic heterocycles. The molecule has 0 radical (unpaired) electrons. The van der Waals surface area contributed by atoms with Crippen LogP contribution in [0.3, 0.4) is 0 Å². The van der Waals surface area contributed by atoms with E-state index in [1.165, 1.54) is 12.8 Å². The maximum absolute atomic E-state index is 6.17. The van der Waals surface area contributed by atoms with Gasteiger partial charge in [-0.2, -0.15) is 0 Å². The molecule has 4 heteroatoms. The first-order chi connectivity index (χ1) is 8.06. The number of benzene rings is 1. The van der Waals surface area contributed by atoms with Crippen LogP contribution >= 0.6 is 23.2 Å². The Morgan fingerprint density at radius 3 is 2.35 bits per heavy atom. The van der Waals surface area contributed by atoms with Gasteiger partial charge in [0.2, 0.25) is 0 Å². The molecule has 2 nitrogen and oxygen atoms in total. The summed E-state index contributed by atoms with van der Waals surface area (Å²) in [5, 5.41) is 4.59. The van der Waals surface area contributed by atoms with Gasteiger partial charge in [0.1, 0.15) is 0 Å². The summed E-state index contributed by atoms with van der Waals surface area (Å²) in [6.07, 6.45) is 2.62. The molecule has 1 aliphatic carbocycles. The fourth-order valence-corrected chi connectivity index (χ4v) is 2.23. The molecule has 0 spiro atoms. The second-order valence-corrected chi connectivity index (χ2v) is 5.52. The standard InChI is InChI=1S/C13H17Cl2NO/c1-8(2)17-13-11(14)5-9(6-12(13)15)7-16-10-3-4-10/h5-6,8,10,16H,3-4,7H2,1-2H3. The molecule has 17 heavy (non-hydrogen) atoms. The van der Waals surface area contributed by atoms with Crippen LogP contribution in [-0.2, 0) is 6.54 Å². The first-order valence-corrected chi connectivity index (χ1v) is 6.70. The Kier molecular flexibility index (Phi) is 4.18. The van der Waals surface area contributed by atoms with E-state index in [4.69, 9.17) is 27.9 Å². The van der Waals surface area contributed by atoms with Gasteiger partial charge < -0.3 is 10.1 Å². The van der Waals surface area contributed by atoms with Crippen molar-refractivity contribution < 1.29 is 4.74 Å². The average Bonchev–Trinajstić information content (AvgIpc) is 3.04. The molecule has 0 bridgehead atoms. The average molecular weight is 274 g/mol. The zero-order valence-corrected chi connectivity index (χ0v) is 11.6. The molecule has 0 amide bonds. The van der Waals surface area contributed by atoms with E-state index in [-0.39, 0.29) is 6.10 Å². The summed E-state index contributed by atoms with van der Waals surface area (Å²) in [5.41, 5.74) is 1.10. The monoisotopic (exact) mass is 273 g/mol. The van der Waals surface area contributed by atoms with Gasteiger partial charge in [0.15, 0.2) is 5.75 Å². The number of hydrogen-bond donors (Lipinski definition) is 1. The van der Waals surface area contributed by atoms with E-state index in [1.54, 1.807) is 0 Å². The summed E-state index contributed by atoms with van der Waals surface area (Å²) in [4.78, 5) is 0. The lowest BCUT2D eigenvalue weighted by Gasteiger charge is -2.14. The first-order valence-electron chi connectivity index (χ1n) is 5.94. The third-order valence-corrected chi connectivity index (χ3v) is 3.15. The van der Waals surface area contributed by atoms with Gasteiger partial charge in [-0.1, -0.05) is 23.2 Å². The van der Waals surface area contributed by atoms with Crippen LogP contribution in [-0.4, -0.2) is 12.1 Å². The predicted molar refractivity (Wildman–Crippen MR) is 72.1 cm³/mol. The van der Waals surface area contributed by atoms with Crippen molar-refractivity contribution in [3.8, 4) is 5.75 Å². The lowest BCUT2D eigenvalue weighted by Crippen LogP contribution is -2.15. The SMILES string of the molecule is CC(C)Oc1c(Cl)cc(CNC2CC2)cc1Cl. The minimum absolute atomic E-state index is 0.0699. The highest BCUT2D eigenvalue weighted by atomic mass is 35.5. The van der Waals surface area contributed by atoms with E-state index in [0.717, 1.165) is 12.1 Å². The van der Waals surface area contributed by atoms with Crippen molar-refractivity contribution in [2.75, 3.05) is 0 Å². The number of rotatable bonds is 5. The van der Waals surface area contributed by atoms with Gasteiger partial charge in [0, 0.05) is 12.6 Å². The van der Waals surface area contributed by atoms with Gasteiger partial charge in [-0.05, 0) is 44.4 Å². The van der Waals surface area contributed by atoms with Crippen LogP contribution in [0.25, 0.3) is 0 Å². The smallest absolute Gasteiger partial charge is 0.156 e. The number of hydrogen-bond acceptors (Lipinski definition) is 2. The largest absolute Gasteiger partial charge is 0.488 e. The normalized spacial score (nSPS) is 15.4. The molecule has 1 N–H and O–H groups in total. The topological polar surface area (TPSA) is 21.3 Å². The van der Waals surface area contributed by atoms with Gasteiger partial charge in [0.25, 0.3) is 0 Å². The Hall–Kier alpha value is -0.440. The molecule has 1 fully saturated rings. The molecule has 0 saturated heterocycles. The van der Waals surface area contributed by atoms with E-state index in [1.807, 2.05) is 26.0 Å². The second kappa shape index (κ2) is 5.47. The molecule has 94 valence electrons. The summed E-state index contributed by atoms with van der Waals surface area (Å²) < 4.78 is 5.58. The van der Waals surface area contributed by atoms with Crippen molar-refractivity contribution in [1.82, 2.24) is 5.32 Å². The third kappa shape index (κ3) is 3.77. The summed E-state index contributed by atoms with van der Waals surface area (Å²) in [6.45, 7) is 4.72. The zero-order chi connectivity index (χ0) is 12.4. The maximum Gasteiger partial charge on any atom is 0.156 e. The van der Waals surface area contributed by atoms with Crippen molar-refractivity contribution in [3.63, 3.8) is 0 Å². The summed E-state index contributed by atoms with van der Waals surface area (Å²) in [7, 11) is 0. The van der Waals surface area contributed by atoms with Crippen LogP contribution in [0.1, 0.15) is 32.3 Å². The van der Waals surface area contributed by atoms with Crippen LogP contribution in [0.4, 0.5) is 0 Å². The van der Waals surface area contributed by atoms with Crippen molar-refractivity contribution >= 4 is 23.2 Å². The van der Waals surface area contributed by atoms with E-state index in [0.29, 0.717) is 21.8 Å². The molecular weight excluding hydrogens is 257 g/mol. The van der Waals surface area contributed by atoms with Crippen LogP contribution in [0, 0.1) is 0 Å². The van der Waals surface area contributed by atoms with Crippen LogP contribution in [0.2, 0.25) is 10.0 Å². The molecule has 1 aromatic rings. The van der Waals surface area contributed by atoms with E-state index in [2.05, 4.69) is 5.32 Å². The van der Waals surface area contributed by atoms with Gasteiger partial charge in [-0.3, -0.25) is 0 Å². The van der Waals surface area contributed by atoms with Crippen molar-refractivity contribution in [2.24, 2.45) is 0 Å². The number of halogens is 2. The Bertz CT molecular complexity index is 379. The minimum atomic E-state index is 0.0699. The third-order valence-electron chi connectivity index (χ3n) is 2.58. The maximum atomic E-state index is 6.17. The highest BCUT2D eigenvalue weighted by Gasteiger charge is 2.20. The molecule has 1 aliphatic rings. The Morgan fingerprint density at radius 2 is 1.88 bits per heavy atom. The molecule has 1 aromatic carbocycles. The van der Waals surface area contributed by atoms with Gasteiger partial charge in [-0.15, -0.1) is 0 Å². The highest BCUT2D eigenvalue weighted by Crippen LogP contribution is 2.35. The minimum Gasteiger partial charge on any atom is -0.488 e. The molecule has 0 unspecified atom stereocenters. The van der Waals surface area contributed by atoms with Crippen LogP contribution in [0.15, 0.2) is 12.1 Å². The van der Waals surface area contributed by atoms with Crippen molar-refractivity contribution in [1.29, 1.82) is 0 Å². The lowest BCUT2D eigenvalue weighted by molar-refractivity contribution is 0.242. The molecular formula is C13H17Cl2NO. The van der Waals surface area contributed by atoms with Crippen molar-refractivity contribution in [2.45, 2.75) is 45.4 Å². The Morgan fingerprint density at radius 1 is 1.29 bits per heavy atom. The van der Waals surface area contributed by atoms with Gasteiger partial charge in [-0.25, -0.2) is 0 Å². The lowest BCUT2D eigenvalue weighted by atomic mass is 10.2. The van der Waals surface area contributed by atoms with E-state index >= 15 is 0 Å². The number of ether oxygens (including phenoxy) is 1. The summed E-state index contributed by atoms with van der Waals surface area (Å²) >= 11 is 12.3. The second-order valence-electron chi connectivity index (χ2n) is 4.71. The van der Waals surface area contributed by atoms with Crippen LogP contribution in [0.5, 0.6) is 5.75 Å². The summed E-state index contributed by atoms with van der Waals surface area (Å²) in [6, 6.07) is 4.51. The zero-order valence-electron chi connectivity index (χ0n) is 10.1. The summed E-state index contributed by atoms with van der Waals surface area (Å²) in [5.74, 6) is 0.582. The molecule has 0 aromatic heterocycles. The molecule has 1 saturated carbocycles. The Labute approximate surface area is 112 Å². The van der Waals surface area contributed by atoms with E-state index < -0.39 is 0 Å². The molecule has 2 rings (SSSR count).